The van der Waals surface area contributed by atoms with E-state index in [2.05, 4.69) is 15.3 Å². The topological polar surface area (TPSA) is 60.8 Å². The fourth-order valence-corrected chi connectivity index (χ4v) is 3.15. The minimum absolute atomic E-state index is 0.0279. The quantitative estimate of drug-likeness (QED) is 0.587. The summed E-state index contributed by atoms with van der Waals surface area (Å²) in [4.78, 5) is 9.42. The lowest BCUT2D eigenvalue weighted by Crippen LogP contribution is -2.41. The molecule has 2 N–H and O–H groups in total. The van der Waals surface area contributed by atoms with Crippen molar-refractivity contribution in [2.24, 2.45) is 4.99 Å². The second-order valence-electron chi connectivity index (χ2n) is 6.30. The summed E-state index contributed by atoms with van der Waals surface area (Å²) >= 11 is 6.03. The molecule has 0 fully saturated rings. The SMILES string of the molecule is OC1c2cc(Cl)ccc2N=C(Nc2ccccc2)N1c1cncc(C(F)(F)F)c1. The molecule has 0 spiro atoms. The summed E-state index contributed by atoms with van der Waals surface area (Å²) in [6.45, 7) is 0. The Bertz CT molecular complexity index is 1070. The smallest absolute Gasteiger partial charge is 0.369 e. The number of benzene rings is 2. The van der Waals surface area contributed by atoms with Crippen LogP contribution >= 0.6 is 11.6 Å². The van der Waals surface area contributed by atoms with E-state index in [1.165, 1.54) is 17.2 Å². The van der Waals surface area contributed by atoms with E-state index in [0.717, 1.165) is 12.3 Å². The summed E-state index contributed by atoms with van der Waals surface area (Å²) in [5.41, 5.74) is 0.573. The van der Waals surface area contributed by atoms with Crippen molar-refractivity contribution in [2.75, 3.05) is 10.2 Å². The molecule has 0 bridgehead atoms. The molecular weight excluding hydrogens is 405 g/mol. The average Bonchev–Trinajstić information content (AvgIpc) is 2.69. The number of nitrogens with zero attached hydrogens (tertiary/aromatic N) is 3. The number of anilines is 2. The molecule has 3 aromatic rings. The van der Waals surface area contributed by atoms with Gasteiger partial charge in [0.05, 0.1) is 23.1 Å². The molecule has 1 unspecified atom stereocenters. The summed E-state index contributed by atoms with van der Waals surface area (Å²) in [7, 11) is 0. The first-order valence-corrected chi connectivity index (χ1v) is 8.90. The van der Waals surface area contributed by atoms with Crippen LogP contribution in [0.2, 0.25) is 5.02 Å². The normalized spacial score (nSPS) is 16.2. The first-order valence-electron chi connectivity index (χ1n) is 8.53. The van der Waals surface area contributed by atoms with Crippen LogP contribution < -0.4 is 10.2 Å². The monoisotopic (exact) mass is 418 g/mol. The Morgan fingerprint density at radius 1 is 1.03 bits per heavy atom. The summed E-state index contributed by atoms with van der Waals surface area (Å²) in [6.07, 6.45) is -3.94. The van der Waals surface area contributed by atoms with Crippen LogP contribution in [0.25, 0.3) is 0 Å². The first kappa shape index (κ1) is 19.2. The molecule has 1 aliphatic rings. The molecule has 0 aliphatic carbocycles. The summed E-state index contributed by atoms with van der Waals surface area (Å²) in [5, 5.41) is 14.4. The first-order chi connectivity index (χ1) is 13.8. The minimum Gasteiger partial charge on any atom is -0.369 e. The van der Waals surface area contributed by atoms with Gasteiger partial charge in [-0.25, -0.2) is 4.99 Å². The van der Waals surface area contributed by atoms with Crippen LogP contribution in [0.4, 0.5) is 30.2 Å². The molecule has 4 rings (SSSR count). The molecule has 0 saturated carbocycles. The number of aliphatic hydroxyl groups is 1. The van der Waals surface area contributed by atoms with Gasteiger partial charge >= 0.3 is 6.18 Å². The lowest BCUT2D eigenvalue weighted by Gasteiger charge is -2.35. The van der Waals surface area contributed by atoms with Gasteiger partial charge in [-0.15, -0.1) is 0 Å². The number of halogens is 4. The average molecular weight is 419 g/mol. The van der Waals surface area contributed by atoms with Crippen LogP contribution in [0, 0.1) is 0 Å². The van der Waals surface area contributed by atoms with Gasteiger partial charge in [0.25, 0.3) is 0 Å². The third-order valence-electron chi connectivity index (χ3n) is 4.33. The summed E-state index contributed by atoms with van der Waals surface area (Å²) in [5.74, 6) is 0.152. The Kier molecular flexibility index (Phi) is 4.89. The second-order valence-corrected chi connectivity index (χ2v) is 6.74. The zero-order valence-corrected chi connectivity index (χ0v) is 15.5. The van der Waals surface area contributed by atoms with Crippen molar-refractivity contribution in [3.05, 3.63) is 83.1 Å². The molecule has 1 atom stereocenters. The Morgan fingerprint density at radius 3 is 2.52 bits per heavy atom. The molecule has 1 aliphatic heterocycles. The van der Waals surface area contributed by atoms with Gasteiger partial charge in [-0.05, 0) is 36.4 Å². The van der Waals surface area contributed by atoms with Crippen LogP contribution in [0.5, 0.6) is 0 Å². The molecule has 2 aromatic carbocycles. The molecule has 1 aromatic heterocycles. The predicted molar refractivity (Wildman–Crippen MR) is 105 cm³/mol. The maximum absolute atomic E-state index is 13.2. The van der Waals surface area contributed by atoms with Crippen molar-refractivity contribution in [2.45, 2.75) is 12.4 Å². The van der Waals surface area contributed by atoms with Gasteiger partial charge in [0.15, 0.2) is 6.23 Å². The number of aromatic nitrogens is 1. The van der Waals surface area contributed by atoms with Crippen LogP contribution in [0.3, 0.4) is 0 Å². The number of pyridine rings is 1. The fraction of sp³-hybridized carbons (Fsp3) is 0.100. The number of guanidine groups is 1. The molecule has 148 valence electrons. The molecule has 29 heavy (non-hydrogen) atoms. The fourth-order valence-electron chi connectivity index (χ4n) is 2.97. The van der Waals surface area contributed by atoms with Gasteiger partial charge in [-0.3, -0.25) is 9.88 Å². The van der Waals surface area contributed by atoms with E-state index in [1.807, 2.05) is 6.07 Å². The number of alkyl halides is 3. The van der Waals surface area contributed by atoms with Crippen molar-refractivity contribution < 1.29 is 18.3 Å². The maximum atomic E-state index is 13.2. The molecule has 0 saturated heterocycles. The van der Waals surface area contributed by atoms with Gasteiger partial charge in [0, 0.05) is 22.5 Å². The summed E-state index contributed by atoms with van der Waals surface area (Å²) in [6, 6.07) is 14.7. The number of aliphatic imine (C=N–C) groups is 1. The minimum atomic E-state index is -4.57. The van der Waals surface area contributed by atoms with Crippen molar-refractivity contribution in [3.8, 4) is 0 Å². The van der Waals surface area contributed by atoms with Gasteiger partial charge in [0.1, 0.15) is 0 Å². The van der Waals surface area contributed by atoms with Crippen LogP contribution in [0.1, 0.15) is 17.4 Å². The molecule has 0 radical (unpaired) electrons. The van der Waals surface area contributed by atoms with E-state index in [-0.39, 0.29) is 11.6 Å². The Balaban J connectivity index is 1.83. The van der Waals surface area contributed by atoms with Gasteiger partial charge in [-0.2, -0.15) is 13.2 Å². The Hall–Kier alpha value is -3.10. The second kappa shape index (κ2) is 7.38. The van der Waals surface area contributed by atoms with Crippen LogP contribution in [-0.2, 0) is 6.18 Å². The molecule has 9 heteroatoms. The lowest BCUT2D eigenvalue weighted by molar-refractivity contribution is -0.137. The number of fused-ring (bicyclic) bond motifs is 1. The number of hydrogen-bond acceptors (Lipinski definition) is 5. The third kappa shape index (κ3) is 3.90. The highest BCUT2D eigenvalue weighted by molar-refractivity contribution is 6.30. The van der Waals surface area contributed by atoms with E-state index in [0.29, 0.717) is 22.0 Å². The predicted octanol–water partition coefficient (Wildman–Crippen LogP) is 5.36. The third-order valence-corrected chi connectivity index (χ3v) is 4.56. The zero-order chi connectivity index (χ0) is 20.6. The highest BCUT2D eigenvalue weighted by Gasteiger charge is 2.34. The van der Waals surface area contributed by atoms with Crippen molar-refractivity contribution in [3.63, 3.8) is 0 Å². The standard InChI is InChI=1S/C20H14ClF3N4O/c21-13-6-7-17-16(9-13)18(29)28(15-8-12(10-25-11-15)20(22,23)24)19(27-17)26-14-4-2-1-3-5-14/h1-11,18,29H,(H,26,27). The van der Waals surface area contributed by atoms with Gasteiger partial charge < -0.3 is 10.4 Å². The number of nitrogens with one attached hydrogen (secondary N) is 1. The highest BCUT2D eigenvalue weighted by atomic mass is 35.5. The number of rotatable bonds is 2. The molecule has 0 amide bonds. The Morgan fingerprint density at radius 2 is 1.79 bits per heavy atom. The van der Waals surface area contributed by atoms with Gasteiger partial charge in [0.2, 0.25) is 5.96 Å². The number of aliphatic hydroxyl groups excluding tert-OH is 1. The number of para-hydroxylation sites is 1. The molecular formula is C20H14ClF3N4O. The molecule has 2 heterocycles. The maximum Gasteiger partial charge on any atom is 0.417 e. The van der Waals surface area contributed by atoms with Crippen molar-refractivity contribution in [1.82, 2.24) is 4.98 Å². The van der Waals surface area contributed by atoms with Gasteiger partial charge in [-0.1, -0.05) is 29.8 Å². The molecule has 5 nitrogen and oxygen atoms in total. The number of hydrogen-bond donors (Lipinski definition) is 2. The highest BCUT2D eigenvalue weighted by Crippen LogP contribution is 2.39. The zero-order valence-electron chi connectivity index (χ0n) is 14.7. The van der Waals surface area contributed by atoms with Crippen LogP contribution in [0.15, 0.2) is 72.0 Å². The lowest BCUT2D eigenvalue weighted by atomic mass is 10.1. The van der Waals surface area contributed by atoms with E-state index >= 15 is 0 Å². The Labute approximate surface area is 169 Å². The van der Waals surface area contributed by atoms with Crippen LogP contribution in [-0.4, -0.2) is 16.1 Å². The summed E-state index contributed by atoms with van der Waals surface area (Å²) < 4.78 is 39.6. The van der Waals surface area contributed by atoms with E-state index < -0.39 is 18.0 Å². The van der Waals surface area contributed by atoms with E-state index in [4.69, 9.17) is 11.6 Å². The van der Waals surface area contributed by atoms with E-state index in [9.17, 15) is 18.3 Å². The van der Waals surface area contributed by atoms with Crippen molar-refractivity contribution in [1.29, 1.82) is 0 Å². The van der Waals surface area contributed by atoms with Crippen molar-refractivity contribution >= 4 is 34.6 Å². The largest absolute Gasteiger partial charge is 0.417 e. The van der Waals surface area contributed by atoms with E-state index in [1.54, 1.807) is 36.4 Å².